The van der Waals surface area contributed by atoms with Crippen LogP contribution in [0.4, 0.5) is 4.79 Å². The molecule has 1 N–H and O–H groups in total. The summed E-state index contributed by atoms with van der Waals surface area (Å²) >= 11 is 0. The van der Waals surface area contributed by atoms with Gasteiger partial charge in [-0.05, 0) is 46.5 Å². The van der Waals surface area contributed by atoms with E-state index in [0.717, 1.165) is 38.9 Å². The van der Waals surface area contributed by atoms with Gasteiger partial charge in [0, 0.05) is 39.9 Å². The lowest BCUT2D eigenvalue weighted by Gasteiger charge is -2.23. The van der Waals surface area contributed by atoms with E-state index in [1.165, 1.54) is 193 Å². The molecule has 0 aromatic carbocycles. The van der Waals surface area contributed by atoms with Crippen molar-refractivity contribution in [3.8, 4) is 0 Å². The minimum absolute atomic E-state index is 0.0463. The van der Waals surface area contributed by atoms with E-state index >= 15 is 0 Å². The van der Waals surface area contributed by atoms with Crippen molar-refractivity contribution in [2.45, 2.75) is 277 Å². The fourth-order valence-corrected chi connectivity index (χ4v) is 7.48. The van der Waals surface area contributed by atoms with Gasteiger partial charge in [0.15, 0.2) is 0 Å². The zero-order valence-corrected chi connectivity index (χ0v) is 40.1. The first kappa shape index (κ1) is 57.1. The predicted octanol–water partition coefficient (Wildman–Crippen LogP) is 15.6. The van der Waals surface area contributed by atoms with E-state index in [1.807, 2.05) is 6.92 Å². The minimum Gasteiger partial charge on any atom is -0.449 e. The second-order valence-electron chi connectivity index (χ2n) is 18.2. The molecule has 2 unspecified atom stereocenters. The molecule has 7 heteroatoms. The van der Waals surface area contributed by atoms with Gasteiger partial charge in [0.05, 0.1) is 31.0 Å². The molecule has 0 heterocycles. The van der Waals surface area contributed by atoms with Gasteiger partial charge in [-0.1, -0.05) is 206 Å². The largest absolute Gasteiger partial charge is 0.449 e. The first-order valence-corrected chi connectivity index (χ1v) is 25.6. The van der Waals surface area contributed by atoms with Gasteiger partial charge < -0.3 is 29.0 Å². The molecule has 0 aromatic heterocycles. The molecule has 0 bridgehead atoms. The van der Waals surface area contributed by atoms with E-state index in [0.29, 0.717) is 32.8 Å². The molecule has 0 aliphatic rings. The Bertz CT molecular complexity index is 810. The van der Waals surface area contributed by atoms with Crippen LogP contribution in [0.15, 0.2) is 0 Å². The van der Waals surface area contributed by atoms with Gasteiger partial charge in [-0.2, -0.15) is 0 Å². The van der Waals surface area contributed by atoms with Crippen LogP contribution in [0.5, 0.6) is 0 Å². The van der Waals surface area contributed by atoms with Crippen LogP contribution in [0, 0.1) is 0 Å². The number of carbonyl (C=O) groups is 1. The zero-order valence-electron chi connectivity index (χ0n) is 40.1. The van der Waals surface area contributed by atoms with Gasteiger partial charge in [0.1, 0.15) is 0 Å². The highest BCUT2D eigenvalue weighted by molar-refractivity contribution is 5.66. The first-order chi connectivity index (χ1) is 28.3. The van der Waals surface area contributed by atoms with Gasteiger partial charge in [0.25, 0.3) is 0 Å². The van der Waals surface area contributed by atoms with Crippen LogP contribution in [0.1, 0.15) is 259 Å². The zero-order chi connectivity index (χ0) is 42.5. The van der Waals surface area contributed by atoms with Crippen molar-refractivity contribution in [3.63, 3.8) is 0 Å². The van der Waals surface area contributed by atoms with Crippen LogP contribution in [-0.4, -0.2) is 70.6 Å². The molecule has 0 aliphatic carbocycles. The number of alkyl carbamates (subject to hydrolysis) is 1. The maximum absolute atomic E-state index is 12.4. The fraction of sp³-hybridized carbons (Fsp3) is 0.980. The molecule has 0 saturated carbocycles. The van der Waals surface area contributed by atoms with Crippen molar-refractivity contribution in [2.75, 3.05) is 46.7 Å². The van der Waals surface area contributed by atoms with E-state index in [4.69, 9.17) is 23.7 Å². The summed E-state index contributed by atoms with van der Waals surface area (Å²) in [4.78, 5) is 12.4. The van der Waals surface area contributed by atoms with E-state index in [-0.39, 0.29) is 23.9 Å². The molecule has 0 aromatic rings. The van der Waals surface area contributed by atoms with Crippen molar-refractivity contribution in [1.82, 2.24) is 5.32 Å². The highest BCUT2D eigenvalue weighted by Gasteiger charge is 2.17. The first-order valence-electron chi connectivity index (χ1n) is 25.6. The average molecular weight is 826 g/mol. The standard InChI is InChI=1S/C51H103NO6/c1-7-9-11-13-15-17-19-21-23-25-27-29-31-33-35-37-43-55-47-49(40-45-58-50(53)52-42-39-48(3)56-46-41-51(4,5)54-6)57-44-38-36-34-32-30-28-26-24-22-20-18-16-14-12-10-8-2/h48-49H,7-47H2,1-6H3,(H,52,53). The summed E-state index contributed by atoms with van der Waals surface area (Å²) < 4.78 is 29.3. The third kappa shape index (κ3) is 44.7. The fourth-order valence-electron chi connectivity index (χ4n) is 7.48. The maximum Gasteiger partial charge on any atom is 0.407 e. The molecule has 7 nitrogen and oxygen atoms in total. The average Bonchev–Trinajstić information content (AvgIpc) is 3.21. The third-order valence-corrected chi connectivity index (χ3v) is 11.9. The van der Waals surface area contributed by atoms with Gasteiger partial charge in [-0.25, -0.2) is 4.79 Å². The summed E-state index contributed by atoms with van der Waals surface area (Å²) in [6.45, 7) is 14.3. The molecule has 348 valence electrons. The summed E-state index contributed by atoms with van der Waals surface area (Å²) in [6.07, 6.45) is 45.7. The second kappa shape index (κ2) is 45.6. The maximum atomic E-state index is 12.4. The molecular formula is C51H103NO6. The Kier molecular flexibility index (Phi) is 44.9. The molecule has 2 atom stereocenters. The number of amides is 1. The number of hydrogen-bond acceptors (Lipinski definition) is 6. The molecule has 58 heavy (non-hydrogen) atoms. The highest BCUT2D eigenvalue weighted by Crippen LogP contribution is 2.17. The quantitative estimate of drug-likeness (QED) is 0.0616. The Balaban J connectivity index is 4.15. The molecule has 1 amide bonds. The molecule has 0 aliphatic heterocycles. The van der Waals surface area contributed by atoms with Crippen LogP contribution in [0.3, 0.4) is 0 Å². The summed E-state index contributed by atoms with van der Waals surface area (Å²) in [5.41, 5.74) is -0.189. The van der Waals surface area contributed by atoms with Crippen molar-refractivity contribution in [3.05, 3.63) is 0 Å². The van der Waals surface area contributed by atoms with E-state index in [1.54, 1.807) is 7.11 Å². The number of carbonyl (C=O) groups excluding carboxylic acids is 1. The van der Waals surface area contributed by atoms with Crippen molar-refractivity contribution < 1.29 is 28.5 Å². The number of hydrogen-bond donors (Lipinski definition) is 1. The van der Waals surface area contributed by atoms with E-state index in [2.05, 4.69) is 33.0 Å². The summed E-state index contributed by atoms with van der Waals surface area (Å²) in [6, 6.07) is 0. The third-order valence-electron chi connectivity index (χ3n) is 11.9. The van der Waals surface area contributed by atoms with Crippen LogP contribution < -0.4 is 5.32 Å². The Hall–Kier alpha value is -0.890. The number of methoxy groups -OCH3 is 1. The number of unbranched alkanes of at least 4 members (excludes halogenated alkanes) is 30. The van der Waals surface area contributed by atoms with Crippen molar-refractivity contribution in [1.29, 1.82) is 0 Å². The van der Waals surface area contributed by atoms with Crippen LogP contribution >= 0.6 is 0 Å². The van der Waals surface area contributed by atoms with Crippen molar-refractivity contribution in [2.24, 2.45) is 0 Å². The SMILES string of the molecule is CCCCCCCCCCCCCCCCCCOCC(CCOC(=O)NCCC(C)OCCC(C)(C)OC)OCCCCCCCCCCCCCCCCCC. The molecule has 0 rings (SSSR count). The van der Waals surface area contributed by atoms with Crippen LogP contribution in [-0.2, 0) is 23.7 Å². The number of ether oxygens (including phenoxy) is 5. The summed E-state index contributed by atoms with van der Waals surface area (Å²) in [5.74, 6) is 0. The van der Waals surface area contributed by atoms with Crippen LogP contribution in [0.25, 0.3) is 0 Å². The Morgan fingerprint density at radius 3 is 1.31 bits per heavy atom. The molecule has 0 spiro atoms. The lowest BCUT2D eigenvalue weighted by molar-refractivity contribution is -0.0300. The lowest BCUT2D eigenvalue weighted by atomic mass is 10.0. The van der Waals surface area contributed by atoms with Gasteiger partial charge in [-0.3, -0.25) is 0 Å². The summed E-state index contributed by atoms with van der Waals surface area (Å²) in [5, 5.41) is 2.88. The molecular weight excluding hydrogens is 723 g/mol. The molecule has 0 saturated heterocycles. The predicted molar refractivity (Wildman–Crippen MR) is 249 cm³/mol. The Morgan fingerprint density at radius 2 is 0.897 bits per heavy atom. The Labute approximate surface area is 362 Å². The number of nitrogens with one attached hydrogen (secondary N) is 1. The monoisotopic (exact) mass is 826 g/mol. The normalized spacial score (nSPS) is 12.9. The van der Waals surface area contributed by atoms with E-state index < -0.39 is 0 Å². The topological polar surface area (TPSA) is 75.3 Å². The van der Waals surface area contributed by atoms with Gasteiger partial charge in [0.2, 0.25) is 0 Å². The highest BCUT2D eigenvalue weighted by atomic mass is 16.6. The molecule has 0 radical (unpaired) electrons. The van der Waals surface area contributed by atoms with Gasteiger partial charge in [-0.15, -0.1) is 0 Å². The van der Waals surface area contributed by atoms with Crippen LogP contribution in [0.2, 0.25) is 0 Å². The number of rotatable bonds is 48. The molecule has 0 fully saturated rings. The minimum atomic E-state index is -0.377. The van der Waals surface area contributed by atoms with Crippen molar-refractivity contribution >= 4 is 6.09 Å². The summed E-state index contributed by atoms with van der Waals surface area (Å²) in [7, 11) is 1.73. The van der Waals surface area contributed by atoms with E-state index in [9.17, 15) is 4.79 Å². The van der Waals surface area contributed by atoms with Gasteiger partial charge >= 0.3 is 6.09 Å². The second-order valence-corrected chi connectivity index (χ2v) is 18.2. The lowest BCUT2D eigenvalue weighted by Crippen LogP contribution is -2.30. The Morgan fingerprint density at radius 1 is 0.500 bits per heavy atom. The smallest absolute Gasteiger partial charge is 0.407 e.